The second-order valence-electron chi connectivity index (χ2n) is 9.49. The monoisotopic (exact) mass is 329 g/mol. The average Bonchev–Trinajstić information content (AvgIpc) is 2.40. The van der Waals surface area contributed by atoms with Crippen LogP contribution in [-0.4, -0.2) is 11.6 Å². The fourth-order valence-electron chi connectivity index (χ4n) is 4.72. The fourth-order valence-corrected chi connectivity index (χ4v) is 4.72. The van der Waals surface area contributed by atoms with Gasteiger partial charge in [0.2, 0.25) is 0 Å². The maximum atomic E-state index is 12.9. The highest BCUT2D eigenvalue weighted by atomic mass is 16.1. The first-order chi connectivity index (χ1) is 11.1. The van der Waals surface area contributed by atoms with Crippen molar-refractivity contribution in [2.45, 2.75) is 79.6 Å². The minimum Gasteiger partial charge on any atom is -0.362 e. The van der Waals surface area contributed by atoms with Crippen LogP contribution in [0.3, 0.4) is 0 Å². The molecule has 0 spiro atoms. The van der Waals surface area contributed by atoms with E-state index in [0.717, 1.165) is 54.6 Å². The van der Waals surface area contributed by atoms with Crippen LogP contribution < -0.4 is 5.32 Å². The molecule has 0 radical (unpaired) electrons. The minimum absolute atomic E-state index is 0.00444. The van der Waals surface area contributed by atoms with E-state index in [1.807, 2.05) is 0 Å². The summed E-state index contributed by atoms with van der Waals surface area (Å²) in [5, 5.41) is 3.55. The lowest BCUT2D eigenvalue weighted by Gasteiger charge is -2.43. The van der Waals surface area contributed by atoms with Crippen molar-refractivity contribution in [3.63, 3.8) is 0 Å². The van der Waals surface area contributed by atoms with E-state index in [9.17, 15) is 9.59 Å². The molecular weight excluding hydrogens is 298 g/mol. The van der Waals surface area contributed by atoms with Crippen molar-refractivity contribution in [3.05, 3.63) is 22.5 Å². The molecule has 0 saturated heterocycles. The minimum atomic E-state index is 0.00444. The van der Waals surface area contributed by atoms with Gasteiger partial charge < -0.3 is 5.32 Å². The van der Waals surface area contributed by atoms with Gasteiger partial charge in [-0.05, 0) is 30.1 Å². The number of rotatable bonds is 3. The molecule has 0 atom stereocenters. The number of unbranched alkanes of at least 4 members (excludes halogenated alkanes) is 1. The molecule has 132 valence electrons. The number of carbonyl (C=O) groups is 2. The molecule has 0 aromatic heterocycles. The molecule has 0 bridgehead atoms. The summed E-state index contributed by atoms with van der Waals surface area (Å²) in [4.78, 5) is 25.8. The molecule has 2 aliphatic carbocycles. The van der Waals surface area contributed by atoms with Crippen LogP contribution >= 0.6 is 0 Å². The number of ketones is 2. The van der Waals surface area contributed by atoms with Crippen molar-refractivity contribution in [1.82, 2.24) is 5.32 Å². The summed E-state index contributed by atoms with van der Waals surface area (Å²) in [6.07, 6.45) is 6.08. The first-order valence-electron chi connectivity index (χ1n) is 9.43. The highest BCUT2D eigenvalue weighted by Gasteiger charge is 2.45. The lowest BCUT2D eigenvalue weighted by molar-refractivity contribution is -0.119. The zero-order valence-corrected chi connectivity index (χ0v) is 15.8. The van der Waals surface area contributed by atoms with E-state index in [0.29, 0.717) is 12.8 Å². The second-order valence-corrected chi connectivity index (χ2v) is 9.49. The molecule has 3 heteroatoms. The van der Waals surface area contributed by atoms with Crippen LogP contribution in [0.5, 0.6) is 0 Å². The maximum Gasteiger partial charge on any atom is 0.161 e. The molecule has 0 unspecified atom stereocenters. The largest absolute Gasteiger partial charge is 0.362 e. The number of hydrogen-bond donors (Lipinski definition) is 1. The standard InChI is InChI=1S/C21H31NO2/c1-6-7-8-13-18-14(9-20(2,3)11-16(18)23)22-15-10-21(4,5)12-17(24)19(13)15/h13,22H,6-12H2,1-5H3. The summed E-state index contributed by atoms with van der Waals surface area (Å²) in [5.41, 5.74) is 4.06. The zero-order chi connectivity index (χ0) is 17.7. The summed E-state index contributed by atoms with van der Waals surface area (Å²) in [5.74, 6) is 0.529. The van der Waals surface area contributed by atoms with Crippen LogP contribution in [0.4, 0.5) is 0 Å². The van der Waals surface area contributed by atoms with Crippen LogP contribution in [0.2, 0.25) is 0 Å². The van der Waals surface area contributed by atoms with Gasteiger partial charge in [-0.25, -0.2) is 0 Å². The van der Waals surface area contributed by atoms with E-state index in [2.05, 4.69) is 39.9 Å². The first kappa shape index (κ1) is 17.4. The summed E-state index contributed by atoms with van der Waals surface area (Å²) >= 11 is 0. The molecule has 1 heterocycles. The Morgan fingerprint density at radius 2 is 1.33 bits per heavy atom. The molecule has 3 aliphatic rings. The summed E-state index contributed by atoms with van der Waals surface area (Å²) < 4.78 is 0. The maximum absolute atomic E-state index is 12.9. The normalized spacial score (nSPS) is 26.2. The van der Waals surface area contributed by atoms with Crippen LogP contribution in [-0.2, 0) is 9.59 Å². The summed E-state index contributed by atoms with van der Waals surface area (Å²) in [6, 6.07) is 0. The van der Waals surface area contributed by atoms with E-state index in [1.54, 1.807) is 0 Å². The molecule has 0 fully saturated rings. The third-order valence-corrected chi connectivity index (χ3v) is 5.68. The lowest BCUT2D eigenvalue weighted by Crippen LogP contribution is -2.43. The highest BCUT2D eigenvalue weighted by Crippen LogP contribution is 2.48. The molecule has 0 amide bonds. The highest BCUT2D eigenvalue weighted by molar-refractivity contribution is 6.05. The van der Waals surface area contributed by atoms with Crippen molar-refractivity contribution < 1.29 is 9.59 Å². The van der Waals surface area contributed by atoms with Crippen LogP contribution in [0.1, 0.15) is 79.6 Å². The van der Waals surface area contributed by atoms with Gasteiger partial charge in [-0.3, -0.25) is 9.59 Å². The zero-order valence-electron chi connectivity index (χ0n) is 15.8. The molecule has 1 aliphatic heterocycles. The first-order valence-corrected chi connectivity index (χ1v) is 9.43. The van der Waals surface area contributed by atoms with E-state index in [1.165, 1.54) is 0 Å². The molecule has 0 aromatic rings. The van der Waals surface area contributed by atoms with Gasteiger partial charge in [0.05, 0.1) is 0 Å². The SMILES string of the molecule is CCCCC1C2=C(CC(C)(C)CC2=O)NC2=C1C(=O)CC(C)(C)C2. The molecule has 3 nitrogen and oxygen atoms in total. The van der Waals surface area contributed by atoms with Crippen molar-refractivity contribution in [1.29, 1.82) is 0 Å². The fraction of sp³-hybridized carbons (Fsp3) is 0.714. The summed E-state index contributed by atoms with van der Waals surface area (Å²) in [7, 11) is 0. The van der Waals surface area contributed by atoms with Gasteiger partial charge in [0, 0.05) is 41.3 Å². The number of hydrogen-bond acceptors (Lipinski definition) is 3. The Morgan fingerprint density at radius 1 is 0.875 bits per heavy atom. The Hall–Kier alpha value is -1.38. The van der Waals surface area contributed by atoms with E-state index in [-0.39, 0.29) is 28.3 Å². The second kappa shape index (κ2) is 5.86. The quantitative estimate of drug-likeness (QED) is 0.817. The number of Topliss-reactive ketones (excluding diaryl/α,β-unsaturated/α-hetero) is 2. The van der Waals surface area contributed by atoms with Gasteiger partial charge in [-0.15, -0.1) is 0 Å². The predicted octanol–water partition coefficient (Wildman–Crippen LogP) is 4.68. The number of allylic oxidation sites excluding steroid dienone is 4. The topological polar surface area (TPSA) is 46.2 Å². The average molecular weight is 329 g/mol. The Bertz CT molecular complexity index is 597. The van der Waals surface area contributed by atoms with E-state index < -0.39 is 0 Å². The van der Waals surface area contributed by atoms with Crippen LogP contribution in [0.25, 0.3) is 0 Å². The van der Waals surface area contributed by atoms with Gasteiger partial charge in [-0.1, -0.05) is 47.5 Å². The third-order valence-electron chi connectivity index (χ3n) is 5.68. The smallest absolute Gasteiger partial charge is 0.161 e. The molecular formula is C21H31NO2. The van der Waals surface area contributed by atoms with Crippen molar-refractivity contribution >= 4 is 11.6 Å². The van der Waals surface area contributed by atoms with Gasteiger partial charge >= 0.3 is 0 Å². The van der Waals surface area contributed by atoms with Gasteiger partial charge in [0.15, 0.2) is 11.6 Å². The van der Waals surface area contributed by atoms with Crippen molar-refractivity contribution in [3.8, 4) is 0 Å². The Morgan fingerprint density at radius 3 is 1.75 bits per heavy atom. The van der Waals surface area contributed by atoms with E-state index in [4.69, 9.17) is 0 Å². The Labute approximate surface area is 146 Å². The van der Waals surface area contributed by atoms with Crippen molar-refractivity contribution in [2.24, 2.45) is 16.7 Å². The predicted molar refractivity (Wildman–Crippen MR) is 96.2 cm³/mol. The van der Waals surface area contributed by atoms with Crippen LogP contribution in [0.15, 0.2) is 22.5 Å². The Balaban J connectivity index is 2.05. The Kier molecular flexibility index (Phi) is 4.26. The molecule has 1 N–H and O–H groups in total. The number of carbonyl (C=O) groups excluding carboxylic acids is 2. The molecule has 3 rings (SSSR count). The number of dihydropyridines is 1. The summed E-state index contributed by atoms with van der Waals surface area (Å²) in [6.45, 7) is 10.8. The lowest BCUT2D eigenvalue weighted by atomic mass is 9.65. The third kappa shape index (κ3) is 3.10. The molecule has 0 saturated carbocycles. The van der Waals surface area contributed by atoms with Crippen molar-refractivity contribution in [2.75, 3.05) is 0 Å². The molecule has 0 aromatic carbocycles. The van der Waals surface area contributed by atoms with Gasteiger partial charge in [0.1, 0.15) is 0 Å². The van der Waals surface area contributed by atoms with E-state index >= 15 is 0 Å². The molecule has 24 heavy (non-hydrogen) atoms. The number of nitrogens with one attached hydrogen (secondary N) is 1. The van der Waals surface area contributed by atoms with Gasteiger partial charge in [-0.2, -0.15) is 0 Å². The van der Waals surface area contributed by atoms with Gasteiger partial charge in [0.25, 0.3) is 0 Å². The van der Waals surface area contributed by atoms with Crippen LogP contribution in [0, 0.1) is 16.7 Å².